The number of carbonyl (C=O) groups excluding carboxylic acids is 2. The van der Waals surface area contributed by atoms with Crippen molar-refractivity contribution in [3.63, 3.8) is 0 Å². The highest BCUT2D eigenvalue weighted by Gasteiger charge is 2.22. The molecule has 1 N–H and O–H groups in total. The van der Waals surface area contributed by atoms with Gasteiger partial charge in [-0.2, -0.15) is 0 Å². The fraction of sp³-hybridized carbons (Fsp3) is 0.333. The van der Waals surface area contributed by atoms with E-state index in [1.807, 2.05) is 71.8 Å². The molecule has 0 unspecified atom stereocenters. The Hall–Kier alpha value is -3.69. The summed E-state index contributed by atoms with van der Waals surface area (Å²) in [5.41, 5.74) is 3.66. The Morgan fingerprint density at radius 3 is 2.62 bits per heavy atom. The fourth-order valence-electron chi connectivity index (χ4n) is 4.75. The summed E-state index contributed by atoms with van der Waals surface area (Å²) in [7, 11) is 0. The molecule has 208 valence electrons. The first-order valence-electron chi connectivity index (χ1n) is 13.4. The predicted octanol–water partition coefficient (Wildman–Crippen LogP) is 5.02. The SMILES string of the molecule is Cc1cc(OCc2csc(CCNC(=O)CCC(=O)N3CCN(c4ccccc4Cl)CC3)n2)c2ccccc2n1. The molecule has 2 aromatic carbocycles. The van der Waals surface area contributed by atoms with E-state index >= 15 is 0 Å². The first-order chi connectivity index (χ1) is 19.5. The van der Waals surface area contributed by atoms with Gasteiger partial charge in [-0.3, -0.25) is 14.6 Å². The zero-order chi connectivity index (χ0) is 27.9. The molecule has 5 rings (SSSR count). The normalized spacial score (nSPS) is 13.4. The average Bonchev–Trinajstić information content (AvgIpc) is 3.42. The number of benzene rings is 2. The van der Waals surface area contributed by atoms with E-state index in [4.69, 9.17) is 16.3 Å². The number of piperazine rings is 1. The maximum Gasteiger partial charge on any atom is 0.223 e. The molecule has 1 fully saturated rings. The van der Waals surface area contributed by atoms with Crippen LogP contribution in [-0.2, 0) is 22.6 Å². The lowest BCUT2D eigenvalue weighted by Gasteiger charge is -2.36. The number of ether oxygens (including phenoxy) is 1. The molecule has 2 aromatic heterocycles. The molecule has 40 heavy (non-hydrogen) atoms. The Balaban J connectivity index is 1.00. The number of amides is 2. The van der Waals surface area contributed by atoms with E-state index in [0.717, 1.165) is 56.8 Å². The lowest BCUT2D eigenvalue weighted by Crippen LogP contribution is -2.49. The van der Waals surface area contributed by atoms with Gasteiger partial charge in [0, 0.05) is 74.5 Å². The van der Waals surface area contributed by atoms with E-state index < -0.39 is 0 Å². The summed E-state index contributed by atoms with van der Waals surface area (Å²) in [5, 5.41) is 7.52. The predicted molar refractivity (Wildman–Crippen MR) is 159 cm³/mol. The van der Waals surface area contributed by atoms with Gasteiger partial charge in [-0.15, -0.1) is 11.3 Å². The summed E-state index contributed by atoms with van der Waals surface area (Å²) in [4.78, 5) is 38.2. The summed E-state index contributed by atoms with van der Waals surface area (Å²) in [5.74, 6) is 0.681. The molecule has 0 spiro atoms. The average molecular weight is 578 g/mol. The largest absolute Gasteiger partial charge is 0.486 e. The maximum atomic E-state index is 12.6. The first-order valence-corrected chi connectivity index (χ1v) is 14.7. The number of hydrogen-bond acceptors (Lipinski definition) is 7. The van der Waals surface area contributed by atoms with Crippen LogP contribution in [0.15, 0.2) is 60.0 Å². The highest BCUT2D eigenvalue weighted by atomic mass is 35.5. The van der Waals surface area contributed by atoms with Crippen LogP contribution in [0.1, 0.15) is 29.2 Å². The minimum atomic E-state index is -0.122. The quantitative estimate of drug-likeness (QED) is 0.285. The Labute approximate surface area is 242 Å². The van der Waals surface area contributed by atoms with Gasteiger partial charge >= 0.3 is 0 Å². The number of fused-ring (bicyclic) bond motifs is 1. The van der Waals surface area contributed by atoms with Gasteiger partial charge in [-0.05, 0) is 31.2 Å². The lowest BCUT2D eigenvalue weighted by atomic mass is 10.2. The number of thiazole rings is 1. The van der Waals surface area contributed by atoms with Crippen molar-refractivity contribution in [2.24, 2.45) is 0 Å². The lowest BCUT2D eigenvalue weighted by molar-refractivity contribution is -0.133. The van der Waals surface area contributed by atoms with Crippen LogP contribution in [0, 0.1) is 6.92 Å². The number of anilines is 1. The summed E-state index contributed by atoms with van der Waals surface area (Å²) in [6.45, 7) is 5.49. The third kappa shape index (κ3) is 7.08. The van der Waals surface area contributed by atoms with Crippen LogP contribution in [0.25, 0.3) is 10.9 Å². The number of hydrogen-bond donors (Lipinski definition) is 1. The number of aromatic nitrogens is 2. The Bertz CT molecular complexity index is 1490. The van der Waals surface area contributed by atoms with E-state index in [0.29, 0.717) is 32.7 Å². The van der Waals surface area contributed by atoms with Crippen LogP contribution in [-0.4, -0.2) is 59.4 Å². The van der Waals surface area contributed by atoms with Gasteiger partial charge in [0.25, 0.3) is 0 Å². The number of halogens is 1. The molecule has 2 amide bonds. The van der Waals surface area contributed by atoms with Gasteiger partial charge in [0.05, 0.1) is 26.9 Å². The third-order valence-corrected chi connectivity index (χ3v) is 8.11. The van der Waals surface area contributed by atoms with Gasteiger partial charge < -0.3 is 19.9 Å². The highest BCUT2D eigenvalue weighted by Crippen LogP contribution is 2.27. The molecule has 1 saturated heterocycles. The van der Waals surface area contributed by atoms with Crippen molar-refractivity contribution in [1.82, 2.24) is 20.2 Å². The van der Waals surface area contributed by atoms with Crippen molar-refractivity contribution in [3.8, 4) is 5.75 Å². The molecular formula is C30H32ClN5O3S. The molecule has 1 aliphatic heterocycles. The Kier molecular flexibility index (Phi) is 9.13. The smallest absolute Gasteiger partial charge is 0.223 e. The maximum absolute atomic E-state index is 12.6. The van der Waals surface area contributed by atoms with Crippen LogP contribution < -0.4 is 15.0 Å². The Morgan fingerprint density at radius 1 is 1.02 bits per heavy atom. The van der Waals surface area contributed by atoms with Crippen LogP contribution >= 0.6 is 22.9 Å². The van der Waals surface area contributed by atoms with E-state index in [1.165, 1.54) is 0 Å². The van der Waals surface area contributed by atoms with Crippen molar-refractivity contribution in [1.29, 1.82) is 0 Å². The topological polar surface area (TPSA) is 87.7 Å². The molecule has 0 radical (unpaired) electrons. The van der Waals surface area contributed by atoms with Gasteiger partial charge in [0.2, 0.25) is 11.8 Å². The highest BCUT2D eigenvalue weighted by molar-refractivity contribution is 7.09. The van der Waals surface area contributed by atoms with Crippen molar-refractivity contribution < 1.29 is 14.3 Å². The molecule has 3 heterocycles. The molecule has 0 bridgehead atoms. The molecule has 10 heteroatoms. The van der Waals surface area contributed by atoms with Crippen LogP contribution in [0.4, 0.5) is 5.69 Å². The van der Waals surface area contributed by atoms with E-state index in [9.17, 15) is 9.59 Å². The van der Waals surface area contributed by atoms with E-state index in [-0.39, 0.29) is 24.7 Å². The van der Waals surface area contributed by atoms with E-state index in [1.54, 1.807) is 11.3 Å². The summed E-state index contributed by atoms with van der Waals surface area (Å²) in [6, 6.07) is 17.6. The van der Waals surface area contributed by atoms with Crippen molar-refractivity contribution >= 4 is 51.3 Å². The summed E-state index contributed by atoms with van der Waals surface area (Å²) >= 11 is 7.86. The van der Waals surface area contributed by atoms with Gasteiger partial charge in [-0.25, -0.2) is 4.98 Å². The van der Waals surface area contributed by atoms with Gasteiger partial charge in [-0.1, -0.05) is 35.9 Å². The number of nitrogens with one attached hydrogen (secondary N) is 1. The van der Waals surface area contributed by atoms with Crippen molar-refractivity contribution in [2.45, 2.75) is 32.8 Å². The molecule has 8 nitrogen and oxygen atoms in total. The number of nitrogens with zero attached hydrogens (tertiary/aromatic N) is 4. The number of aryl methyl sites for hydroxylation is 1. The third-order valence-electron chi connectivity index (χ3n) is 6.83. The summed E-state index contributed by atoms with van der Waals surface area (Å²) in [6.07, 6.45) is 1.02. The molecule has 0 aliphatic carbocycles. The van der Waals surface area contributed by atoms with Crippen LogP contribution in [0.3, 0.4) is 0 Å². The minimum absolute atomic E-state index is 0.00990. The summed E-state index contributed by atoms with van der Waals surface area (Å²) < 4.78 is 6.07. The minimum Gasteiger partial charge on any atom is -0.486 e. The number of carbonyl (C=O) groups is 2. The van der Waals surface area contributed by atoms with Crippen LogP contribution in [0.2, 0.25) is 5.02 Å². The fourth-order valence-corrected chi connectivity index (χ4v) is 5.79. The standard InChI is InChI=1S/C30H32ClN5O3S/c1-21-18-27(23-6-2-4-8-25(23)33-21)39-19-22-20-40-29(34-22)12-13-32-28(37)10-11-30(38)36-16-14-35(15-17-36)26-9-5-3-7-24(26)31/h2-9,18,20H,10-17,19H2,1H3,(H,32,37). The second kappa shape index (κ2) is 13.1. The first kappa shape index (κ1) is 27.9. The monoisotopic (exact) mass is 577 g/mol. The number of para-hydroxylation sites is 2. The molecule has 4 aromatic rings. The van der Waals surface area contributed by atoms with Gasteiger partial charge in [0.15, 0.2) is 0 Å². The zero-order valence-electron chi connectivity index (χ0n) is 22.4. The molecular weight excluding hydrogens is 546 g/mol. The second-order valence-electron chi connectivity index (χ2n) is 9.72. The molecule has 0 saturated carbocycles. The molecule has 0 atom stereocenters. The Morgan fingerprint density at radius 2 is 1.80 bits per heavy atom. The van der Waals surface area contributed by atoms with Crippen molar-refractivity contribution in [3.05, 3.63) is 81.4 Å². The number of pyridine rings is 1. The van der Waals surface area contributed by atoms with Gasteiger partial charge in [0.1, 0.15) is 12.4 Å². The zero-order valence-corrected chi connectivity index (χ0v) is 24.0. The second-order valence-corrected chi connectivity index (χ2v) is 11.1. The number of rotatable bonds is 10. The van der Waals surface area contributed by atoms with E-state index in [2.05, 4.69) is 20.2 Å². The van der Waals surface area contributed by atoms with Crippen molar-refractivity contribution in [2.75, 3.05) is 37.6 Å². The van der Waals surface area contributed by atoms with Crippen LogP contribution in [0.5, 0.6) is 5.75 Å². The molecule has 1 aliphatic rings.